The standard InChI is InChI=1S/C9H9ClF2N2O2/c1-3-4-9(11,12)7(13)5(10)6(14-4)8(15)16-2/h3,6H,1,13H2,2H3. The number of carbonyl (C=O) groups is 1. The molecule has 0 spiro atoms. The highest BCUT2D eigenvalue weighted by molar-refractivity contribution is 6.33. The normalized spacial score (nSPS) is 23.8. The Balaban J connectivity index is 3.27. The number of carbonyl (C=O) groups excluding carboxylic acids is 1. The summed E-state index contributed by atoms with van der Waals surface area (Å²) in [7, 11) is 1.10. The summed E-state index contributed by atoms with van der Waals surface area (Å²) in [5.74, 6) is -4.37. The van der Waals surface area contributed by atoms with E-state index >= 15 is 0 Å². The third-order valence-corrected chi connectivity index (χ3v) is 2.45. The fraction of sp³-hybridized carbons (Fsp3) is 0.333. The number of hydrogen-bond acceptors (Lipinski definition) is 4. The average Bonchev–Trinajstić information content (AvgIpc) is 2.25. The third-order valence-electron chi connectivity index (χ3n) is 2.04. The molecule has 1 unspecified atom stereocenters. The van der Waals surface area contributed by atoms with E-state index in [0.717, 1.165) is 13.2 Å². The summed E-state index contributed by atoms with van der Waals surface area (Å²) >= 11 is 5.55. The van der Waals surface area contributed by atoms with E-state index in [1.807, 2.05) is 0 Å². The van der Waals surface area contributed by atoms with Gasteiger partial charge in [0.25, 0.3) is 0 Å². The number of esters is 1. The lowest BCUT2D eigenvalue weighted by Crippen LogP contribution is -2.42. The molecule has 16 heavy (non-hydrogen) atoms. The van der Waals surface area contributed by atoms with Gasteiger partial charge in [0.1, 0.15) is 11.4 Å². The average molecular weight is 251 g/mol. The van der Waals surface area contributed by atoms with E-state index in [0.29, 0.717) is 0 Å². The zero-order valence-electron chi connectivity index (χ0n) is 8.34. The van der Waals surface area contributed by atoms with Crippen molar-refractivity contribution in [1.29, 1.82) is 0 Å². The highest BCUT2D eigenvalue weighted by Gasteiger charge is 2.46. The van der Waals surface area contributed by atoms with Gasteiger partial charge in [-0.3, -0.25) is 4.99 Å². The second-order valence-electron chi connectivity index (χ2n) is 2.98. The van der Waals surface area contributed by atoms with E-state index in [9.17, 15) is 13.6 Å². The van der Waals surface area contributed by atoms with Crippen LogP contribution in [0.2, 0.25) is 0 Å². The van der Waals surface area contributed by atoms with Gasteiger partial charge < -0.3 is 10.5 Å². The fourth-order valence-corrected chi connectivity index (χ4v) is 1.42. The lowest BCUT2D eigenvalue weighted by atomic mass is 10.0. The van der Waals surface area contributed by atoms with Gasteiger partial charge in [0.05, 0.1) is 12.1 Å². The lowest BCUT2D eigenvalue weighted by Gasteiger charge is -2.25. The third kappa shape index (κ3) is 1.80. The first-order valence-corrected chi connectivity index (χ1v) is 4.56. The number of methoxy groups -OCH3 is 1. The van der Waals surface area contributed by atoms with Crippen LogP contribution < -0.4 is 5.73 Å². The summed E-state index contributed by atoms with van der Waals surface area (Å²) in [6, 6.07) is -1.35. The SMILES string of the molecule is C=CC1=NC(C(=O)OC)C(Cl)=C(N)C1(F)F. The van der Waals surface area contributed by atoms with Crippen molar-refractivity contribution in [2.45, 2.75) is 12.0 Å². The molecule has 1 aliphatic rings. The molecular weight excluding hydrogens is 242 g/mol. The van der Waals surface area contributed by atoms with Crippen molar-refractivity contribution in [3.63, 3.8) is 0 Å². The van der Waals surface area contributed by atoms with Gasteiger partial charge in [0.15, 0.2) is 6.04 Å². The van der Waals surface area contributed by atoms with Crippen LogP contribution in [0, 0.1) is 0 Å². The van der Waals surface area contributed by atoms with Gasteiger partial charge in [0.2, 0.25) is 0 Å². The van der Waals surface area contributed by atoms with E-state index in [4.69, 9.17) is 17.3 Å². The van der Waals surface area contributed by atoms with Crippen LogP contribution in [-0.2, 0) is 9.53 Å². The molecule has 0 radical (unpaired) electrons. The second-order valence-corrected chi connectivity index (χ2v) is 3.39. The van der Waals surface area contributed by atoms with Crippen molar-refractivity contribution in [1.82, 2.24) is 0 Å². The molecule has 0 aromatic carbocycles. The molecule has 4 nitrogen and oxygen atoms in total. The molecule has 0 fully saturated rings. The van der Waals surface area contributed by atoms with E-state index in [-0.39, 0.29) is 0 Å². The summed E-state index contributed by atoms with van der Waals surface area (Å²) in [6.45, 7) is 3.17. The molecule has 7 heteroatoms. The van der Waals surface area contributed by atoms with Crippen molar-refractivity contribution < 1.29 is 18.3 Å². The Hall–Kier alpha value is -1.43. The number of allylic oxidation sites excluding steroid dienone is 2. The van der Waals surface area contributed by atoms with Gasteiger partial charge in [-0.25, -0.2) is 4.79 Å². The number of ether oxygens (including phenoxy) is 1. The second kappa shape index (κ2) is 4.21. The van der Waals surface area contributed by atoms with Gasteiger partial charge in [0, 0.05) is 0 Å². The first-order chi connectivity index (χ1) is 7.36. The zero-order valence-corrected chi connectivity index (χ0v) is 9.09. The number of dihydropyridines is 1. The predicted molar refractivity (Wildman–Crippen MR) is 55.4 cm³/mol. The maximum absolute atomic E-state index is 13.4. The Kier molecular flexibility index (Phi) is 3.32. The molecule has 0 amide bonds. The van der Waals surface area contributed by atoms with Gasteiger partial charge in [-0.1, -0.05) is 18.2 Å². The topological polar surface area (TPSA) is 64.7 Å². The highest BCUT2D eigenvalue weighted by atomic mass is 35.5. The molecule has 88 valence electrons. The molecular formula is C9H9ClF2N2O2. The van der Waals surface area contributed by atoms with Crippen LogP contribution in [0.5, 0.6) is 0 Å². The van der Waals surface area contributed by atoms with Crippen LogP contribution in [0.4, 0.5) is 8.78 Å². The number of nitrogens with two attached hydrogens (primary N) is 1. The summed E-state index contributed by atoms with van der Waals surface area (Å²) in [5, 5.41) is -0.526. The first kappa shape index (κ1) is 12.6. The number of aliphatic imine (C=N–C) groups is 1. The Bertz CT molecular complexity index is 400. The molecule has 1 atom stereocenters. The van der Waals surface area contributed by atoms with Crippen LogP contribution in [0.1, 0.15) is 0 Å². The van der Waals surface area contributed by atoms with Gasteiger partial charge in [-0.2, -0.15) is 8.78 Å². The quantitative estimate of drug-likeness (QED) is 0.750. The predicted octanol–water partition coefficient (Wildman–Crippen LogP) is 1.21. The molecule has 1 aliphatic heterocycles. The van der Waals surface area contributed by atoms with Crippen LogP contribution in [0.3, 0.4) is 0 Å². The zero-order chi connectivity index (χ0) is 12.5. The Morgan fingerprint density at radius 2 is 2.31 bits per heavy atom. The van der Waals surface area contributed by atoms with E-state index in [1.165, 1.54) is 0 Å². The molecule has 2 N–H and O–H groups in total. The monoisotopic (exact) mass is 250 g/mol. The van der Waals surface area contributed by atoms with Crippen molar-refractivity contribution in [3.05, 3.63) is 23.4 Å². The smallest absolute Gasteiger partial charge is 0.336 e. The fourth-order valence-electron chi connectivity index (χ4n) is 1.16. The molecule has 1 rings (SSSR count). The maximum atomic E-state index is 13.4. The van der Waals surface area contributed by atoms with E-state index < -0.39 is 34.4 Å². The Labute approximate surface area is 95.4 Å². The van der Waals surface area contributed by atoms with Crippen molar-refractivity contribution in [2.24, 2.45) is 10.7 Å². The van der Waals surface area contributed by atoms with E-state index in [2.05, 4.69) is 16.3 Å². The van der Waals surface area contributed by atoms with Gasteiger partial charge in [-0.05, 0) is 6.08 Å². The molecule has 0 bridgehead atoms. The Morgan fingerprint density at radius 1 is 1.75 bits per heavy atom. The highest BCUT2D eigenvalue weighted by Crippen LogP contribution is 2.34. The molecule has 0 aliphatic carbocycles. The van der Waals surface area contributed by atoms with Crippen molar-refractivity contribution in [3.8, 4) is 0 Å². The summed E-state index contributed by atoms with van der Waals surface area (Å²) in [5.41, 5.74) is 3.55. The number of alkyl halides is 2. The van der Waals surface area contributed by atoms with Crippen LogP contribution >= 0.6 is 11.6 Å². The van der Waals surface area contributed by atoms with Crippen LogP contribution in [-0.4, -0.2) is 30.8 Å². The summed E-state index contributed by atoms with van der Waals surface area (Å²) in [6.07, 6.45) is 0.826. The molecule has 0 saturated carbocycles. The first-order valence-electron chi connectivity index (χ1n) is 4.18. The molecule has 0 aromatic rings. The minimum atomic E-state index is -3.51. The van der Waals surface area contributed by atoms with Gasteiger partial charge >= 0.3 is 11.9 Å². The van der Waals surface area contributed by atoms with E-state index in [1.54, 1.807) is 0 Å². The minimum Gasteiger partial charge on any atom is -0.467 e. The molecule has 0 aromatic heterocycles. The lowest BCUT2D eigenvalue weighted by molar-refractivity contribution is -0.141. The van der Waals surface area contributed by atoms with Crippen LogP contribution in [0.25, 0.3) is 0 Å². The maximum Gasteiger partial charge on any atom is 0.336 e. The number of hydrogen-bond donors (Lipinski definition) is 1. The number of halogens is 3. The van der Waals surface area contributed by atoms with Crippen molar-refractivity contribution >= 4 is 23.3 Å². The summed E-state index contributed by atoms with van der Waals surface area (Å²) < 4.78 is 31.2. The largest absolute Gasteiger partial charge is 0.467 e. The van der Waals surface area contributed by atoms with Crippen molar-refractivity contribution in [2.75, 3.05) is 7.11 Å². The molecule has 0 saturated heterocycles. The number of rotatable bonds is 2. The van der Waals surface area contributed by atoms with Gasteiger partial charge in [-0.15, -0.1) is 0 Å². The summed E-state index contributed by atoms with van der Waals surface area (Å²) in [4.78, 5) is 14.7. The van der Waals surface area contributed by atoms with Crippen LogP contribution in [0.15, 0.2) is 28.4 Å². The minimum absolute atomic E-state index is 0.526. The Morgan fingerprint density at radius 3 is 2.75 bits per heavy atom. The number of nitrogens with zero attached hydrogens (tertiary/aromatic N) is 1. The molecule has 1 heterocycles.